The highest BCUT2D eigenvalue weighted by Crippen LogP contribution is 2.37. The molecule has 0 amide bonds. The summed E-state index contributed by atoms with van der Waals surface area (Å²) in [6, 6.07) is 17.4. The zero-order valence-electron chi connectivity index (χ0n) is 14.9. The lowest BCUT2D eigenvalue weighted by atomic mass is 9.82. The van der Waals surface area contributed by atoms with Gasteiger partial charge in [-0.1, -0.05) is 42.5 Å². The van der Waals surface area contributed by atoms with Gasteiger partial charge in [-0.3, -0.25) is 14.3 Å². The van der Waals surface area contributed by atoms with Crippen molar-refractivity contribution in [2.45, 2.75) is 4.90 Å². The van der Waals surface area contributed by atoms with Crippen molar-refractivity contribution >= 4 is 33.0 Å². The third kappa shape index (κ3) is 2.76. The number of sulfonamides is 1. The van der Waals surface area contributed by atoms with E-state index in [1.54, 1.807) is 55.6 Å². The van der Waals surface area contributed by atoms with Crippen molar-refractivity contribution in [2.75, 3.05) is 17.1 Å². The van der Waals surface area contributed by atoms with E-state index >= 15 is 0 Å². The molecule has 0 aliphatic heterocycles. The van der Waals surface area contributed by atoms with Crippen molar-refractivity contribution in [3.05, 3.63) is 89.0 Å². The Hall–Kier alpha value is -3.45. The number of ketones is 2. The second-order valence-corrected chi connectivity index (χ2v) is 7.97. The van der Waals surface area contributed by atoms with Crippen molar-refractivity contribution in [1.29, 1.82) is 0 Å². The molecule has 3 aromatic rings. The lowest BCUT2D eigenvalue weighted by Crippen LogP contribution is -2.25. The summed E-state index contributed by atoms with van der Waals surface area (Å²) in [5, 5.41) is 2.91. The predicted molar refractivity (Wildman–Crippen MR) is 107 cm³/mol. The molecule has 6 nitrogen and oxygen atoms in total. The minimum absolute atomic E-state index is 0.0510. The summed E-state index contributed by atoms with van der Waals surface area (Å²) in [7, 11) is -2.28. The summed E-state index contributed by atoms with van der Waals surface area (Å²) < 4.78 is 28.0. The highest BCUT2D eigenvalue weighted by molar-refractivity contribution is 7.92. The number of nitrogens with one attached hydrogen (secondary N) is 2. The van der Waals surface area contributed by atoms with Crippen LogP contribution < -0.4 is 10.0 Å². The van der Waals surface area contributed by atoms with Gasteiger partial charge in [0.05, 0.1) is 21.7 Å². The van der Waals surface area contributed by atoms with Crippen LogP contribution in [0.3, 0.4) is 0 Å². The number of anilines is 2. The molecule has 0 fully saturated rings. The molecule has 0 spiro atoms. The normalized spacial score (nSPS) is 12.9. The fraction of sp³-hybridized carbons (Fsp3) is 0.0476. The standard InChI is InChI=1S/C21H16N2O4S/c1-22-16-11-12-17(23-28(26,27)13-7-3-2-4-8-13)19-18(16)20(24)14-9-5-6-10-15(14)21(19)25/h2-12,22-23H,1H3. The number of carbonyl (C=O) groups excluding carboxylic acids is 2. The average Bonchev–Trinajstić information content (AvgIpc) is 2.72. The number of rotatable bonds is 4. The summed E-state index contributed by atoms with van der Waals surface area (Å²) >= 11 is 0. The van der Waals surface area contributed by atoms with Crippen molar-refractivity contribution in [2.24, 2.45) is 0 Å². The molecule has 1 aliphatic carbocycles. The molecule has 0 bridgehead atoms. The maximum Gasteiger partial charge on any atom is 0.261 e. The van der Waals surface area contributed by atoms with E-state index in [0.717, 1.165) is 0 Å². The van der Waals surface area contributed by atoms with Gasteiger partial charge >= 0.3 is 0 Å². The maximum atomic E-state index is 13.2. The van der Waals surface area contributed by atoms with Gasteiger partial charge in [0.2, 0.25) is 0 Å². The molecule has 28 heavy (non-hydrogen) atoms. The van der Waals surface area contributed by atoms with E-state index in [-0.39, 0.29) is 33.1 Å². The Labute approximate surface area is 162 Å². The molecule has 0 heterocycles. The highest BCUT2D eigenvalue weighted by atomic mass is 32.2. The van der Waals surface area contributed by atoms with E-state index in [0.29, 0.717) is 11.3 Å². The Bertz CT molecular complexity index is 1220. The molecule has 2 N–H and O–H groups in total. The van der Waals surface area contributed by atoms with Crippen molar-refractivity contribution in [1.82, 2.24) is 0 Å². The quantitative estimate of drug-likeness (QED) is 0.556. The van der Waals surface area contributed by atoms with Gasteiger partial charge in [0.15, 0.2) is 11.6 Å². The fourth-order valence-electron chi connectivity index (χ4n) is 3.32. The van der Waals surface area contributed by atoms with E-state index in [4.69, 9.17) is 0 Å². The van der Waals surface area contributed by atoms with E-state index in [2.05, 4.69) is 10.0 Å². The van der Waals surface area contributed by atoms with Crippen LogP contribution in [-0.4, -0.2) is 27.0 Å². The SMILES string of the molecule is CNc1ccc(NS(=O)(=O)c2ccccc2)c2c1C(=O)c1ccccc1C2=O. The molecule has 140 valence electrons. The molecule has 4 rings (SSSR count). The summed E-state index contributed by atoms with van der Waals surface area (Å²) in [6.07, 6.45) is 0. The van der Waals surface area contributed by atoms with E-state index in [1.807, 2.05) is 0 Å². The van der Waals surface area contributed by atoms with Crippen molar-refractivity contribution < 1.29 is 18.0 Å². The van der Waals surface area contributed by atoms with Crippen LogP contribution in [0.2, 0.25) is 0 Å². The topological polar surface area (TPSA) is 92.3 Å². The van der Waals surface area contributed by atoms with Crippen LogP contribution in [0.5, 0.6) is 0 Å². The van der Waals surface area contributed by atoms with E-state index in [9.17, 15) is 18.0 Å². The Morgan fingerprint density at radius 3 is 1.75 bits per heavy atom. The number of hydrogen-bond donors (Lipinski definition) is 2. The van der Waals surface area contributed by atoms with Crippen LogP contribution in [0.4, 0.5) is 11.4 Å². The minimum atomic E-state index is -3.92. The molecule has 3 aromatic carbocycles. The Morgan fingerprint density at radius 1 is 0.679 bits per heavy atom. The molecule has 0 aromatic heterocycles. The first-order valence-electron chi connectivity index (χ1n) is 8.55. The summed E-state index contributed by atoms with van der Waals surface area (Å²) in [4.78, 5) is 26.3. The van der Waals surface area contributed by atoms with E-state index in [1.165, 1.54) is 18.2 Å². The number of hydrogen-bond acceptors (Lipinski definition) is 5. The second kappa shape index (κ2) is 6.61. The van der Waals surface area contributed by atoms with E-state index < -0.39 is 15.8 Å². The van der Waals surface area contributed by atoms with Crippen LogP contribution in [0.25, 0.3) is 0 Å². The zero-order chi connectivity index (χ0) is 19.9. The second-order valence-electron chi connectivity index (χ2n) is 6.28. The van der Waals surface area contributed by atoms with Gasteiger partial charge in [-0.15, -0.1) is 0 Å². The van der Waals surface area contributed by atoms with Crippen molar-refractivity contribution in [3.63, 3.8) is 0 Å². The minimum Gasteiger partial charge on any atom is -0.388 e. The third-order valence-corrected chi connectivity index (χ3v) is 6.02. The monoisotopic (exact) mass is 392 g/mol. The van der Waals surface area contributed by atoms with Gasteiger partial charge in [0.25, 0.3) is 10.0 Å². The molecule has 7 heteroatoms. The van der Waals surface area contributed by atoms with Crippen molar-refractivity contribution in [3.8, 4) is 0 Å². The molecule has 0 saturated carbocycles. The number of fused-ring (bicyclic) bond motifs is 2. The lowest BCUT2D eigenvalue weighted by molar-refractivity contribution is 0.0980. The molecule has 0 saturated heterocycles. The van der Waals surface area contributed by atoms with Gasteiger partial charge in [-0.25, -0.2) is 8.42 Å². The molecule has 0 unspecified atom stereocenters. The van der Waals surface area contributed by atoms with Gasteiger partial charge < -0.3 is 5.32 Å². The summed E-state index contributed by atoms with van der Waals surface area (Å²) in [5.41, 5.74) is 1.32. The molecular weight excluding hydrogens is 376 g/mol. The largest absolute Gasteiger partial charge is 0.388 e. The first-order valence-corrected chi connectivity index (χ1v) is 10.0. The van der Waals surface area contributed by atoms with Gasteiger partial charge in [0, 0.05) is 23.9 Å². The Kier molecular flexibility index (Phi) is 4.24. The first-order chi connectivity index (χ1) is 13.4. The van der Waals surface area contributed by atoms with Gasteiger partial charge in [-0.2, -0.15) is 0 Å². The molecule has 0 radical (unpaired) electrons. The number of carbonyl (C=O) groups is 2. The predicted octanol–water partition coefficient (Wildman–Crippen LogP) is 3.30. The maximum absolute atomic E-state index is 13.2. The fourth-order valence-corrected chi connectivity index (χ4v) is 4.41. The van der Waals surface area contributed by atoms with Gasteiger partial charge in [-0.05, 0) is 24.3 Å². The van der Waals surface area contributed by atoms with Gasteiger partial charge in [0.1, 0.15) is 0 Å². The molecular formula is C21H16N2O4S. The molecule has 1 aliphatic rings. The van der Waals surface area contributed by atoms with Crippen LogP contribution in [-0.2, 0) is 10.0 Å². The zero-order valence-corrected chi connectivity index (χ0v) is 15.7. The third-order valence-electron chi connectivity index (χ3n) is 4.64. The number of benzene rings is 3. The smallest absolute Gasteiger partial charge is 0.261 e. The van der Waals surface area contributed by atoms with Crippen LogP contribution in [0.1, 0.15) is 31.8 Å². The first kappa shape index (κ1) is 17.9. The lowest BCUT2D eigenvalue weighted by Gasteiger charge is -2.23. The Morgan fingerprint density at radius 2 is 1.18 bits per heavy atom. The van der Waals surface area contributed by atoms with Crippen LogP contribution in [0, 0.1) is 0 Å². The Balaban J connectivity index is 1.90. The van der Waals surface area contributed by atoms with Crippen LogP contribution in [0.15, 0.2) is 71.6 Å². The average molecular weight is 392 g/mol. The summed E-state index contributed by atoms with van der Waals surface area (Å²) in [6.45, 7) is 0. The summed E-state index contributed by atoms with van der Waals surface area (Å²) in [5.74, 6) is -0.719. The van der Waals surface area contributed by atoms with Crippen LogP contribution >= 0.6 is 0 Å². The highest BCUT2D eigenvalue weighted by Gasteiger charge is 2.34. The molecule has 0 atom stereocenters.